The summed E-state index contributed by atoms with van der Waals surface area (Å²) >= 11 is 0. The molecule has 3 N–H and O–H groups in total. The summed E-state index contributed by atoms with van der Waals surface area (Å²) in [5.74, 6) is -0.148. The fourth-order valence-corrected chi connectivity index (χ4v) is 2.15. The summed E-state index contributed by atoms with van der Waals surface area (Å²) in [6, 6.07) is -0.00409. The van der Waals surface area contributed by atoms with Gasteiger partial charge in [0.05, 0.1) is 6.42 Å². The van der Waals surface area contributed by atoms with E-state index in [1.54, 1.807) is 0 Å². The first-order valence-corrected chi connectivity index (χ1v) is 6.34. The standard InChI is InChI=1S/C12H22N2O3/c1-9-3-2-4-10(6-5-9)14-12(17)13-8-7-11(15)16/h9-10H,2-8H2,1H3,(H,15,16)(H2,13,14,17). The second kappa shape index (κ2) is 7.14. The smallest absolute Gasteiger partial charge is 0.315 e. The van der Waals surface area contributed by atoms with E-state index in [-0.39, 0.29) is 25.0 Å². The van der Waals surface area contributed by atoms with Gasteiger partial charge in [-0.2, -0.15) is 0 Å². The summed E-state index contributed by atoms with van der Waals surface area (Å²) < 4.78 is 0. The van der Waals surface area contributed by atoms with Crippen LogP contribution in [-0.2, 0) is 4.79 Å². The number of hydrogen-bond donors (Lipinski definition) is 3. The van der Waals surface area contributed by atoms with Crippen LogP contribution >= 0.6 is 0 Å². The highest BCUT2D eigenvalue weighted by Crippen LogP contribution is 2.22. The van der Waals surface area contributed by atoms with E-state index in [0.29, 0.717) is 0 Å². The van der Waals surface area contributed by atoms with Crippen LogP contribution < -0.4 is 10.6 Å². The van der Waals surface area contributed by atoms with Crippen LogP contribution in [0.2, 0.25) is 0 Å². The molecular formula is C12H22N2O3. The van der Waals surface area contributed by atoms with E-state index in [0.717, 1.165) is 31.6 Å². The van der Waals surface area contributed by atoms with Crippen LogP contribution in [0, 0.1) is 5.92 Å². The number of hydrogen-bond acceptors (Lipinski definition) is 2. The molecule has 1 rings (SSSR count). The summed E-state index contributed by atoms with van der Waals surface area (Å²) in [5, 5.41) is 13.9. The zero-order chi connectivity index (χ0) is 12.7. The summed E-state index contributed by atoms with van der Waals surface area (Å²) in [6.07, 6.45) is 5.56. The van der Waals surface area contributed by atoms with Gasteiger partial charge in [0.1, 0.15) is 0 Å². The lowest BCUT2D eigenvalue weighted by Gasteiger charge is -2.16. The van der Waals surface area contributed by atoms with Gasteiger partial charge in [0, 0.05) is 12.6 Å². The van der Waals surface area contributed by atoms with Crippen LogP contribution in [0.5, 0.6) is 0 Å². The van der Waals surface area contributed by atoms with Crippen LogP contribution in [0.15, 0.2) is 0 Å². The number of carbonyl (C=O) groups is 2. The number of amides is 2. The van der Waals surface area contributed by atoms with Crippen LogP contribution in [0.1, 0.15) is 45.4 Å². The fraction of sp³-hybridized carbons (Fsp3) is 0.833. The molecular weight excluding hydrogens is 220 g/mol. The van der Waals surface area contributed by atoms with Gasteiger partial charge in [0.15, 0.2) is 0 Å². The largest absolute Gasteiger partial charge is 0.481 e. The maximum absolute atomic E-state index is 11.5. The van der Waals surface area contributed by atoms with Crippen molar-refractivity contribution < 1.29 is 14.7 Å². The maximum Gasteiger partial charge on any atom is 0.315 e. The van der Waals surface area contributed by atoms with Crippen molar-refractivity contribution in [3.63, 3.8) is 0 Å². The van der Waals surface area contributed by atoms with Crippen molar-refractivity contribution in [2.45, 2.75) is 51.5 Å². The van der Waals surface area contributed by atoms with Crippen LogP contribution in [-0.4, -0.2) is 29.7 Å². The van der Waals surface area contributed by atoms with Crippen LogP contribution in [0.4, 0.5) is 4.79 Å². The Labute approximate surface area is 102 Å². The zero-order valence-electron chi connectivity index (χ0n) is 10.4. The van der Waals surface area contributed by atoms with Gasteiger partial charge in [0.25, 0.3) is 0 Å². The van der Waals surface area contributed by atoms with Gasteiger partial charge >= 0.3 is 12.0 Å². The minimum atomic E-state index is -0.895. The van der Waals surface area contributed by atoms with Crippen molar-refractivity contribution in [1.29, 1.82) is 0 Å². The second-order valence-electron chi connectivity index (χ2n) is 4.85. The second-order valence-corrected chi connectivity index (χ2v) is 4.85. The Morgan fingerprint density at radius 1 is 1.24 bits per heavy atom. The first kappa shape index (κ1) is 13.8. The van der Waals surface area contributed by atoms with Gasteiger partial charge in [0.2, 0.25) is 0 Å². The third-order valence-corrected chi connectivity index (χ3v) is 3.22. The number of carboxylic acids is 1. The Morgan fingerprint density at radius 3 is 2.71 bits per heavy atom. The molecule has 1 fully saturated rings. The highest BCUT2D eigenvalue weighted by atomic mass is 16.4. The van der Waals surface area contributed by atoms with Gasteiger partial charge < -0.3 is 15.7 Å². The van der Waals surface area contributed by atoms with Crippen LogP contribution in [0.3, 0.4) is 0 Å². The number of nitrogens with one attached hydrogen (secondary N) is 2. The van der Waals surface area contributed by atoms with E-state index >= 15 is 0 Å². The summed E-state index contributed by atoms with van der Waals surface area (Å²) in [6.45, 7) is 2.43. The molecule has 0 radical (unpaired) electrons. The lowest BCUT2D eigenvalue weighted by molar-refractivity contribution is -0.136. The predicted octanol–water partition coefficient (Wildman–Crippen LogP) is 1.73. The molecule has 2 atom stereocenters. The number of aliphatic carboxylic acids is 1. The quantitative estimate of drug-likeness (QED) is 0.657. The van der Waals surface area contributed by atoms with E-state index in [9.17, 15) is 9.59 Å². The molecule has 2 unspecified atom stereocenters. The molecule has 0 aromatic rings. The fourth-order valence-electron chi connectivity index (χ4n) is 2.15. The molecule has 5 nitrogen and oxygen atoms in total. The van der Waals surface area contributed by atoms with Gasteiger partial charge in [-0.15, -0.1) is 0 Å². The van der Waals surface area contributed by atoms with Crippen molar-refractivity contribution in [2.75, 3.05) is 6.54 Å². The SMILES string of the molecule is CC1CCCC(NC(=O)NCCC(=O)O)CC1. The molecule has 0 spiro atoms. The number of carboxylic acid groups (broad SMARTS) is 1. The lowest BCUT2D eigenvalue weighted by atomic mass is 10.0. The lowest BCUT2D eigenvalue weighted by Crippen LogP contribution is -2.42. The Bertz CT molecular complexity index is 268. The third kappa shape index (κ3) is 6.14. The molecule has 17 heavy (non-hydrogen) atoms. The topological polar surface area (TPSA) is 78.4 Å². The Hall–Kier alpha value is -1.26. The molecule has 0 saturated heterocycles. The van der Waals surface area contributed by atoms with E-state index in [4.69, 9.17) is 5.11 Å². The van der Waals surface area contributed by atoms with E-state index in [1.807, 2.05) is 0 Å². The van der Waals surface area contributed by atoms with Gasteiger partial charge in [-0.3, -0.25) is 4.79 Å². The van der Waals surface area contributed by atoms with Gasteiger partial charge in [-0.1, -0.05) is 19.8 Å². The van der Waals surface area contributed by atoms with Crippen molar-refractivity contribution in [3.05, 3.63) is 0 Å². The normalized spacial score (nSPS) is 24.8. The minimum absolute atomic E-state index is 0.0326. The number of carbonyl (C=O) groups excluding carboxylic acids is 1. The Balaban J connectivity index is 2.18. The average molecular weight is 242 g/mol. The van der Waals surface area contributed by atoms with Gasteiger partial charge in [-0.05, 0) is 25.2 Å². The van der Waals surface area contributed by atoms with Crippen LogP contribution in [0.25, 0.3) is 0 Å². The monoisotopic (exact) mass is 242 g/mol. The molecule has 1 aliphatic carbocycles. The molecule has 0 aromatic heterocycles. The zero-order valence-corrected chi connectivity index (χ0v) is 10.4. The molecule has 2 amide bonds. The Kier molecular flexibility index (Phi) is 5.80. The molecule has 0 heterocycles. The van der Waals surface area contributed by atoms with Crippen molar-refractivity contribution >= 4 is 12.0 Å². The predicted molar refractivity (Wildman–Crippen MR) is 64.8 cm³/mol. The molecule has 1 saturated carbocycles. The van der Waals surface area contributed by atoms with Crippen molar-refractivity contribution in [2.24, 2.45) is 5.92 Å². The molecule has 0 aliphatic heterocycles. The number of rotatable bonds is 4. The summed E-state index contributed by atoms with van der Waals surface area (Å²) in [7, 11) is 0. The average Bonchev–Trinajstić information content (AvgIpc) is 2.43. The molecule has 1 aliphatic rings. The van der Waals surface area contributed by atoms with E-state index < -0.39 is 5.97 Å². The highest BCUT2D eigenvalue weighted by molar-refractivity contribution is 5.75. The third-order valence-electron chi connectivity index (χ3n) is 3.22. The van der Waals surface area contributed by atoms with E-state index in [1.165, 1.54) is 6.42 Å². The molecule has 0 aromatic carbocycles. The van der Waals surface area contributed by atoms with Crippen molar-refractivity contribution in [3.8, 4) is 0 Å². The highest BCUT2D eigenvalue weighted by Gasteiger charge is 2.17. The molecule has 0 bridgehead atoms. The molecule has 5 heteroatoms. The number of urea groups is 1. The first-order chi connectivity index (χ1) is 8.08. The maximum atomic E-state index is 11.5. The van der Waals surface area contributed by atoms with E-state index in [2.05, 4.69) is 17.6 Å². The summed E-state index contributed by atoms with van der Waals surface area (Å²) in [4.78, 5) is 21.8. The Morgan fingerprint density at radius 2 is 2.00 bits per heavy atom. The first-order valence-electron chi connectivity index (χ1n) is 6.34. The molecule has 98 valence electrons. The van der Waals surface area contributed by atoms with Crippen molar-refractivity contribution in [1.82, 2.24) is 10.6 Å². The van der Waals surface area contributed by atoms with Gasteiger partial charge in [-0.25, -0.2) is 4.79 Å². The summed E-state index contributed by atoms with van der Waals surface area (Å²) in [5.41, 5.74) is 0. The minimum Gasteiger partial charge on any atom is -0.481 e.